The van der Waals surface area contributed by atoms with E-state index in [1.54, 1.807) is 0 Å². The second kappa shape index (κ2) is 5.70. The van der Waals surface area contributed by atoms with Gasteiger partial charge in [0.1, 0.15) is 0 Å². The van der Waals surface area contributed by atoms with Gasteiger partial charge in [-0.05, 0) is 37.5 Å². The molecule has 2 nitrogen and oxygen atoms in total. The quantitative estimate of drug-likeness (QED) is 0.908. The van der Waals surface area contributed by atoms with E-state index in [-0.39, 0.29) is 17.9 Å². The molecule has 2 N–H and O–H groups in total. The fourth-order valence-electron chi connectivity index (χ4n) is 2.33. The summed E-state index contributed by atoms with van der Waals surface area (Å²) < 4.78 is 1.25. The van der Waals surface area contributed by atoms with Crippen molar-refractivity contribution in [3.63, 3.8) is 0 Å². The largest absolute Gasteiger partial charge is 0.324 e. The van der Waals surface area contributed by atoms with E-state index in [2.05, 4.69) is 52.9 Å². The lowest BCUT2D eigenvalue weighted by Gasteiger charge is -2.34. The molecule has 0 radical (unpaired) electrons. The third-order valence-electron chi connectivity index (χ3n) is 2.92. The smallest absolute Gasteiger partial charge is 0.0237 e. The maximum atomic E-state index is 6.07. The van der Waals surface area contributed by atoms with Crippen LogP contribution in [0.1, 0.15) is 25.0 Å². The zero-order valence-electron chi connectivity index (χ0n) is 10.4. The van der Waals surface area contributed by atoms with Crippen molar-refractivity contribution in [1.82, 2.24) is 4.90 Å². The zero-order valence-corrected chi connectivity index (χ0v) is 12.8. The van der Waals surface area contributed by atoms with E-state index in [0.29, 0.717) is 0 Å². The molecule has 1 aromatic carbocycles. The Hall–Kier alpha value is -0.0900. The van der Waals surface area contributed by atoms with Gasteiger partial charge < -0.3 is 5.73 Å². The molecule has 0 aliphatic carbocycles. The summed E-state index contributed by atoms with van der Waals surface area (Å²) in [5.41, 5.74) is 8.86. The normalized spacial score (nSPS) is 16.2. The average molecular weight is 320 g/mol. The zero-order chi connectivity index (χ0) is 11.8. The number of halogens is 2. The van der Waals surface area contributed by atoms with Crippen LogP contribution < -0.4 is 5.73 Å². The molecule has 0 spiro atoms. The summed E-state index contributed by atoms with van der Waals surface area (Å²) in [4.78, 5) is 2.44. The monoisotopic (exact) mass is 318 g/mol. The third-order valence-corrected chi connectivity index (χ3v) is 3.66. The van der Waals surface area contributed by atoms with Crippen molar-refractivity contribution in [2.45, 2.75) is 32.4 Å². The molecule has 0 saturated heterocycles. The van der Waals surface area contributed by atoms with E-state index in [1.165, 1.54) is 15.6 Å². The van der Waals surface area contributed by atoms with Crippen LogP contribution in [0.15, 0.2) is 22.7 Å². The average Bonchev–Trinajstić information content (AvgIpc) is 2.15. The minimum Gasteiger partial charge on any atom is -0.324 e. The molecule has 0 atom stereocenters. The number of fused-ring (bicyclic) bond motifs is 1. The molecular formula is C13H20BrClN2. The highest BCUT2D eigenvalue weighted by molar-refractivity contribution is 9.10. The number of nitrogens with two attached hydrogens (primary N) is 1. The maximum Gasteiger partial charge on any atom is 0.0237 e. The summed E-state index contributed by atoms with van der Waals surface area (Å²) in [7, 11) is 0. The Kier molecular flexibility index (Phi) is 5.02. The van der Waals surface area contributed by atoms with Gasteiger partial charge in [-0.15, -0.1) is 12.4 Å². The molecule has 0 fully saturated rings. The molecular weight excluding hydrogens is 300 g/mol. The standard InChI is InChI=1S/C13H19BrN2.ClH/c1-13(2,15)9-16-7-6-11-10(8-16)4-3-5-12(11)14;/h3-5H,6-9,15H2,1-2H3;1H. The topological polar surface area (TPSA) is 29.3 Å². The van der Waals surface area contributed by atoms with Crippen LogP contribution in [0.2, 0.25) is 0 Å². The first-order valence-corrected chi connectivity index (χ1v) is 6.52. The minimum atomic E-state index is -0.108. The van der Waals surface area contributed by atoms with Gasteiger partial charge in [-0.3, -0.25) is 4.90 Å². The van der Waals surface area contributed by atoms with Crippen molar-refractivity contribution < 1.29 is 0 Å². The fourth-order valence-corrected chi connectivity index (χ4v) is 2.94. The molecule has 17 heavy (non-hydrogen) atoms. The fraction of sp³-hybridized carbons (Fsp3) is 0.538. The molecule has 1 aromatic rings. The van der Waals surface area contributed by atoms with Crippen molar-refractivity contribution in [2.75, 3.05) is 13.1 Å². The molecule has 0 bridgehead atoms. The van der Waals surface area contributed by atoms with E-state index >= 15 is 0 Å². The van der Waals surface area contributed by atoms with Gasteiger partial charge in [-0.25, -0.2) is 0 Å². The van der Waals surface area contributed by atoms with Crippen LogP contribution >= 0.6 is 28.3 Å². The highest BCUT2D eigenvalue weighted by Crippen LogP contribution is 2.26. The summed E-state index contributed by atoms with van der Waals surface area (Å²) in [6, 6.07) is 6.46. The molecule has 0 amide bonds. The van der Waals surface area contributed by atoms with E-state index in [1.807, 2.05) is 0 Å². The number of hydrogen-bond donors (Lipinski definition) is 1. The molecule has 4 heteroatoms. The first kappa shape index (κ1) is 15.0. The van der Waals surface area contributed by atoms with Crippen LogP contribution in [-0.2, 0) is 13.0 Å². The van der Waals surface area contributed by atoms with E-state index in [4.69, 9.17) is 5.73 Å². The molecule has 0 aromatic heterocycles. The lowest BCUT2D eigenvalue weighted by atomic mass is 9.98. The van der Waals surface area contributed by atoms with Crippen LogP contribution in [0.4, 0.5) is 0 Å². The molecule has 1 aliphatic heterocycles. The van der Waals surface area contributed by atoms with Crippen LogP contribution in [0.5, 0.6) is 0 Å². The minimum absolute atomic E-state index is 0. The van der Waals surface area contributed by atoms with Crippen molar-refractivity contribution >= 4 is 28.3 Å². The van der Waals surface area contributed by atoms with E-state index in [9.17, 15) is 0 Å². The van der Waals surface area contributed by atoms with Crippen molar-refractivity contribution in [3.8, 4) is 0 Å². The van der Waals surface area contributed by atoms with Crippen molar-refractivity contribution in [2.24, 2.45) is 5.73 Å². The molecule has 1 aliphatic rings. The van der Waals surface area contributed by atoms with Gasteiger partial charge in [0, 0.05) is 29.6 Å². The molecule has 1 heterocycles. The van der Waals surface area contributed by atoms with Gasteiger partial charge in [0.15, 0.2) is 0 Å². The summed E-state index contributed by atoms with van der Waals surface area (Å²) >= 11 is 3.62. The Labute approximate surface area is 118 Å². The summed E-state index contributed by atoms with van der Waals surface area (Å²) in [6.45, 7) is 7.26. The summed E-state index contributed by atoms with van der Waals surface area (Å²) in [6.07, 6.45) is 1.12. The van der Waals surface area contributed by atoms with Crippen LogP contribution in [0.3, 0.4) is 0 Å². The van der Waals surface area contributed by atoms with Gasteiger partial charge in [0.05, 0.1) is 0 Å². The molecule has 96 valence electrons. The third kappa shape index (κ3) is 3.95. The van der Waals surface area contributed by atoms with Crippen LogP contribution in [-0.4, -0.2) is 23.5 Å². The maximum absolute atomic E-state index is 6.07. The summed E-state index contributed by atoms with van der Waals surface area (Å²) in [5.74, 6) is 0. The number of nitrogens with zero attached hydrogens (tertiary/aromatic N) is 1. The highest BCUT2D eigenvalue weighted by atomic mass is 79.9. The van der Waals surface area contributed by atoms with Crippen molar-refractivity contribution in [1.29, 1.82) is 0 Å². The van der Waals surface area contributed by atoms with E-state index in [0.717, 1.165) is 26.1 Å². The Morgan fingerprint density at radius 2 is 2.12 bits per heavy atom. The Morgan fingerprint density at radius 1 is 1.41 bits per heavy atom. The lowest BCUT2D eigenvalue weighted by Crippen LogP contribution is -2.46. The second-order valence-corrected chi connectivity index (χ2v) is 6.18. The van der Waals surface area contributed by atoms with Gasteiger partial charge in [0.25, 0.3) is 0 Å². The SMILES string of the molecule is CC(C)(N)CN1CCc2c(Br)cccc2C1.Cl. The molecule has 0 unspecified atom stereocenters. The predicted molar refractivity (Wildman–Crippen MR) is 78.6 cm³/mol. The Morgan fingerprint density at radius 3 is 2.76 bits per heavy atom. The predicted octanol–water partition coefficient (Wildman–Crippen LogP) is 2.97. The lowest BCUT2D eigenvalue weighted by molar-refractivity contribution is 0.209. The molecule has 2 rings (SSSR count). The number of benzene rings is 1. The van der Waals surface area contributed by atoms with Gasteiger partial charge in [0.2, 0.25) is 0 Å². The van der Waals surface area contributed by atoms with Gasteiger partial charge in [-0.2, -0.15) is 0 Å². The van der Waals surface area contributed by atoms with E-state index < -0.39 is 0 Å². The highest BCUT2D eigenvalue weighted by Gasteiger charge is 2.22. The van der Waals surface area contributed by atoms with Crippen LogP contribution in [0.25, 0.3) is 0 Å². The van der Waals surface area contributed by atoms with Crippen LogP contribution in [0, 0.1) is 0 Å². The Balaban J connectivity index is 0.00000144. The second-order valence-electron chi connectivity index (χ2n) is 5.33. The number of rotatable bonds is 2. The van der Waals surface area contributed by atoms with Gasteiger partial charge in [-0.1, -0.05) is 28.1 Å². The summed E-state index contributed by atoms with van der Waals surface area (Å²) in [5, 5.41) is 0. The first-order chi connectivity index (χ1) is 7.46. The first-order valence-electron chi connectivity index (χ1n) is 5.73. The van der Waals surface area contributed by atoms with Crippen molar-refractivity contribution in [3.05, 3.63) is 33.8 Å². The Bertz CT molecular complexity index is 387. The number of hydrogen-bond acceptors (Lipinski definition) is 2. The molecule has 0 saturated carbocycles. The van der Waals surface area contributed by atoms with Gasteiger partial charge >= 0.3 is 0 Å².